The first-order valence-electron chi connectivity index (χ1n) is 5.56. The zero-order valence-electron chi connectivity index (χ0n) is 11.0. The molecule has 0 saturated heterocycles. The highest BCUT2D eigenvalue weighted by Gasteiger charge is 2.17. The lowest BCUT2D eigenvalue weighted by Gasteiger charge is -2.19. The number of rotatable bonds is 3. The Kier molecular flexibility index (Phi) is 4.36. The predicted molar refractivity (Wildman–Crippen MR) is 64.9 cm³/mol. The maximum Gasteiger partial charge on any atom is 0.325 e. The molecule has 1 aromatic rings. The van der Waals surface area contributed by atoms with E-state index >= 15 is 0 Å². The summed E-state index contributed by atoms with van der Waals surface area (Å²) in [6.07, 6.45) is 2.85. The molecule has 0 radical (unpaired) electrons. The summed E-state index contributed by atoms with van der Waals surface area (Å²) >= 11 is 0. The van der Waals surface area contributed by atoms with Gasteiger partial charge >= 0.3 is 5.97 Å². The van der Waals surface area contributed by atoms with Crippen molar-refractivity contribution in [1.82, 2.24) is 15.3 Å². The minimum Gasteiger partial charge on any atom is -0.459 e. The van der Waals surface area contributed by atoms with Gasteiger partial charge in [-0.05, 0) is 27.7 Å². The van der Waals surface area contributed by atoms with Crippen LogP contribution >= 0.6 is 0 Å². The summed E-state index contributed by atoms with van der Waals surface area (Å²) in [7, 11) is 0. The van der Waals surface area contributed by atoms with Crippen molar-refractivity contribution in [2.24, 2.45) is 0 Å². The fourth-order valence-corrected chi connectivity index (χ4v) is 1.13. The predicted octanol–water partition coefficient (Wildman–Crippen LogP) is 0.857. The minimum atomic E-state index is -0.564. The molecule has 1 heterocycles. The highest BCUT2D eigenvalue weighted by molar-refractivity contribution is 5.93. The monoisotopic (exact) mass is 251 g/mol. The first kappa shape index (κ1) is 14.1. The summed E-state index contributed by atoms with van der Waals surface area (Å²) in [5, 5.41) is 2.42. The van der Waals surface area contributed by atoms with Crippen LogP contribution in [0, 0.1) is 6.92 Å². The lowest BCUT2D eigenvalue weighted by atomic mass is 10.2. The van der Waals surface area contributed by atoms with E-state index in [4.69, 9.17) is 4.74 Å². The van der Waals surface area contributed by atoms with E-state index in [1.807, 2.05) is 0 Å². The van der Waals surface area contributed by atoms with Gasteiger partial charge in [0.05, 0.1) is 11.9 Å². The van der Waals surface area contributed by atoms with Crippen molar-refractivity contribution >= 4 is 11.9 Å². The van der Waals surface area contributed by atoms with Gasteiger partial charge in [0.2, 0.25) is 0 Å². The van der Waals surface area contributed by atoms with Crippen LogP contribution in [0.4, 0.5) is 0 Å². The van der Waals surface area contributed by atoms with Crippen LogP contribution in [0.15, 0.2) is 12.4 Å². The normalized spacial score (nSPS) is 10.9. The Balaban J connectivity index is 2.47. The topological polar surface area (TPSA) is 81.2 Å². The molecular weight excluding hydrogens is 234 g/mol. The molecule has 0 spiro atoms. The summed E-state index contributed by atoms with van der Waals surface area (Å²) in [5.74, 6) is -0.940. The van der Waals surface area contributed by atoms with Crippen molar-refractivity contribution in [2.75, 3.05) is 6.54 Å². The Labute approximate surface area is 106 Å². The van der Waals surface area contributed by atoms with Gasteiger partial charge in [0.15, 0.2) is 0 Å². The number of amides is 1. The molecule has 0 bridgehead atoms. The third kappa shape index (κ3) is 4.90. The Bertz CT molecular complexity index is 435. The highest BCUT2D eigenvalue weighted by Crippen LogP contribution is 2.06. The van der Waals surface area contributed by atoms with E-state index in [0.29, 0.717) is 0 Å². The number of hydrogen-bond acceptors (Lipinski definition) is 5. The second-order valence-corrected chi connectivity index (χ2v) is 4.81. The average molecular weight is 251 g/mol. The van der Waals surface area contributed by atoms with E-state index in [-0.39, 0.29) is 12.2 Å². The van der Waals surface area contributed by atoms with Gasteiger partial charge in [-0.3, -0.25) is 14.6 Å². The number of carbonyl (C=O) groups is 2. The van der Waals surface area contributed by atoms with E-state index in [1.54, 1.807) is 27.7 Å². The zero-order valence-corrected chi connectivity index (χ0v) is 11.0. The largest absolute Gasteiger partial charge is 0.459 e. The van der Waals surface area contributed by atoms with E-state index in [9.17, 15) is 9.59 Å². The van der Waals surface area contributed by atoms with Crippen LogP contribution in [0.25, 0.3) is 0 Å². The number of aryl methyl sites for hydroxylation is 1. The van der Waals surface area contributed by atoms with Gasteiger partial charge in [-0.15, -0.1) is 0 Å². The minimum absolute atomic E-state index is 0.171. The highest BCUT2D eigenvalue weighted by atomic mass is 16.6. The first-order chi connectivity index (χ1) is 8.28. The fourth-order valence-electron chi connectivity index (χ4n) is 1.13. The van der Waals surface area contributed by atoms with Crippen LogP contribution in [0.1, 0.15) is 37.0 Å². The van der Waals surface area contributed by atoms with Gasteiger partial charge in [-0.25, -0.2) is 4.98 Å². The molecule has 6 heteroatoms. The van der Waals surface area contributed by atoms with Crippen molar-refractivity contribution in [2.45, 2.75) is 33.3 Å². The molecule has 0 aromatic carbocycles. The molecule has 0 atom stereocenters. The number of esters is 1. The Morgan fingerprint density at radius 2 is 1.94 bits per heavy atom. The van der Waals surface area contributed by atoms with Crippen molar-refractivity contribution < 1.29 is 14.3 Å². The van der Waals surface area contributed by atoms with Crippen LogP contribution < -0.4 is 5.32 Å². The molecule has 0 aliphatic carbocycles. The molecule has 1 amide bonds. The van der Waals surface area contributed by atoms with Gasteiger partial charge in [0.25, 0.3) is 5.91 Å². The lowest BCUT2D eigenvalue weighted by molar-refractivity contribution is -0.153. The van der Waals surface area contributed by atoms with Gasteiger partial charge in [-0.2, -0.15) is 0 Å². The summed E-state index contributed by atoms with van der Waals surface area (Å²) in [5.41, 5.74) is 0.328. The van der Waals surface area contributed by atoms with Gasteiger partial charge in [-0.1, -0.05) is 0 Å². The third-order valence-electron chi connectivity index (χ3n) is 1.83. The number of hydrogen-bond donors (Lipinski definition) is 1. The molecule has 1 N–H and O–H groups in total. The molecule has 18 heavy (non-hydrogen) atoms. The molecule has 1 rings (SSSR count). The van der Waals surface area contributed by atoms with Crippen LogP contribution in [-0.2, 0) is 9.53 Å². The van der Waals surface area contributed by atoms with Crippen molar-refractivity contribution in [3.8, 4) is 0 Å². The number of nitrogens with zero attached hydrogens (tertiary/aromatic N) is 2. The maximum absolute atomic E-state index is 11.6. The van der Waals surface area contributed by atoms with E-state index in [1.165, 1.54) is 12.4 Å². The molecule has 0 saturated carbocycles. The van der Waals surface area contributed by atoms with E-state index in [0.717, 1.165) is 5.69 Å². The lowest BCUT2D eigenvalue weighted by Crippen LogP contribution is -2.35. The molecular formula is C12H17N3O3. The van der Waals surface area contributed by atoms with Crippen LogP contribution in [-0.4, -0.2) is 34.0 Å². The zero-order chi connectivity index (χ0) is 13.8. The summed E-state index contributed by atoms with van der Waals surface area (Å²) in [6, 6.07) is 0. The summed E-state index contributed by atoms with van der Waals surface area (Å²) in [6.45, 7) is 6.87. The third-order valence-corrected chi connectivity index (χ3v) is 1.83. The van der Waals surface area contributed by atoms with E-state index in [2.05, 4.69) is 15.3 Å². The standard InChI is InChI=1S/C12H17N3O3/c1-8-5-14-9(6-13-8)11(17)15-7-10(16)18-12(2,3)4/h5-6H,7H2,1-4H3,(H,15,17). The summed E-state index contributed by atoms with van der Waals surface area (Å²) < 4.78 is 5.05. The van der Waals surface area contributed by atoms with E-state index < -0.39 is 17.5 Å². The quantitative estimate of drug-likeness (QED) is 0.806. The Morgan fingerprint density at radius 3 is 2.44 bits per heavy atom. The fraction of sp³-hybridized carbons (Fsp3) is 0.500. The molecule has 6 nitrogen and oxygen atoms in total. The molecule has 0 unspecified atom stereocenters. The van der Waals surface area contributed by atoms with Crippen LogP contribution in [0.5, 0.6) is 0 Å². The second kappa shape index (κ2) is 5.57. The number of carbonyl (C=O) groups excluding carboxylic acids is 2. The van der Waals surface area contributed by atoms with Gasteiger partial charge in [0.1, 0.15) is 17.8 Å². The average Bonchev–Trinajstić information content (AvgIpc) is 2.24. The van der Waals surface area contributed by atoms with Gasteiger partial charge < -0.3 is 10.1 Å². The smallest absolute Gasteiger partial charge is 0.325 e. The Morgan fingerprint density at radius 1 is 1.28 bits per heavy atom. The van der Waals surface area contributed by atoms with Gasteiger partial charge in [0, 0.05) is 6.20 Å². The Hall–Kier alpha value is -1.98. The summed E-state index contributed by atoms with van der Waals surface area (Å²) in [4.78, 5) is 30.8. The maximum atomic E-state index is 11.6. The number of nitrogens with one attached hydrogen (secondary N) is 1. The molecule has 1 aromatic heterocycles. The molecule has 0 fully saturated rings. The van der Waals surface area contributed by atoms with Crippen molar-refractivity contribution in [3.63, 3.8) is 0 Å². The SMILES string of the molecule is Cc1cnc(C(=O)NCC(=O)OC(C)(C)C)cn1. The second-order valence-electron chi connectivity index (χ2n) is 4.81. The molecule has 0 aliphatic heterocycles. The first-order valence-corrected chi connectivity index (χ1v) is 5.56. The molecule has 0 aliphatic rings. The van der Waals surface area contributed by atoms with Crippen molar-refractivity contribution in [1.29, 1.82) is 0 Å². The van der Waals surface area contributed by atoms with Crippen LogP contribution in [0.3, 0.4) is 0 Å². The molecule has 98 valence electrons. The number of aromatic nitrogens is 2. The van der Waals surface area contributed by atoms with Crippen LogP contribution in [0.2, 0.25) is 0 Å². The number of ether oxygens (including phenoxy) is 1. The van der Waals surface area contributed by atoms with Crippen molar-refractivity contribution in [3.05, 3.63) is 23.8 Å².